The van der Waals surface area contributed by atoms with Gasteiger partial charge in [0.2, 0.25) is 0 Å². The number of hydrogen-bond donors (Lipinski definition) is 0. The van der Waals surface area contributed by atoms with Gasteiger partial charge in [-0.25, -0.2) is 0 Å². The first kappa shape index (κ1) is 77.2. The molecule has 0 aromatic heterocycles. The molecule has 0 saturated carbocycles. The molecule has 468 valence electrons. The Morgan fingerprint density at radius 3 is 0.658 bits per heavy atom. The molecule has 0 aromatic carbocycles. The molecule has 0 radical (unpaired) electrons. The minimum atomic E-state index is -0.770. The van der Waals surface area contributed by atoms with Crippen LogP contribution in [0.15, 0.2) is 12.2 Å². The van der Waals surface area contributed by atoms with Gasteiger partial charge >= 0.3 is 17.9 Å². The third kappa shape index (κ3) is 66.8. The van der Waals surface area contributed by atoms with Crippen LogP contribution in [0, 0.1) is 0 Å². The number of carbonyl (C=O) groups is 3. The summed E-state index contributed by atoms with van der Waals surface area (Å²) in [5.41, 5.74) is 0. The molecule has 0 N–H and O–H groups in total. The molecule has 1 unspecified atom stereocenters. The van der Waals surface area contributed by atoms with E-state index in [2.05, 4.69) is 32.9 Å². The average Bonchev–Trinajstić information content (AvgIpc) is 3.45. The summed E-state index contributed by atoms with van der Waals surface area (Å²) in [6, 6.07) is 0. The summed E-state index contributed by atoms with van der Waals surface area (Å²) in [6.07, 6.45) is 82.6. The third-order valence-electron chi connectivity index (χ3n) is 16.8. The van der Waals surface area contributed by atoms with E-state index in [1.54, 1.807) is 0 Å². The zero-order valence-electron chi connectivity index (χ0n) is 53.9. The largest absolute Gasteiger partial charge is 0.462 e. The van der Waals surface area contributed by atoms with E-state index in [1.165, 1.54) is 315 Å². The molecular weight excluding hydrogens is 973 g/mol. The molecule has 0 bridgehead atoms. The van der Waals surface area contributed by atoms with Gasteiger partial charge < -0.3 is 14.2 Å². The highest BCUT2D eigenvalue weighted by molar-refractivity contribution is 5.71. The van der Waals surface area contributed by atoms with Crippen molar-refractivity contribution < 1.29 is 28.6 Å². The van der Waals surface area contributed by atoms with Gasteiger partial charge in [-0.1, -0.05) is 367 Å². The van der Waals surface area contributed by atoms with Crippen LogP contribution in [-0.4, -0.2) is 37.2 Å². The smallest absolute Gasteiger partial charge is 0.306 e. The molecule has 0 aliphatic rings. The number of rotatable bonds is 68. The van der Waals surface area contributed by atoms with Crippen molar-refractivity contribution in [2.45, 2.75) is 425 Å². The van der Waals surface area contributed by atoms with Crippen molar-refractivity contribution >= 4 is 17.9 Å². The van der Waals surface area contributed by atoms with E-state index >= 15 is 0 Å². The Morgan fingerprint density at radius 1 is 0.241 bits per heavy atom. The molecule has 0 fully saturated rings. The SMILES string of the molecule is CCCCC/C=C\CCCCCCCC(=O)OCC(COC(=O)CCCCCCCCCCCCCCCCCCCCCCCCCCCCC)OC(=O)CCCCCCCCCCCCCCCCCCCCCCCC. The number of esters is 3. The summed E-state index contributed by atoms with van der Waals surface area (Å²) in [7, 11) is 0. The van der Waals surface area contributed by atoms with Gasteiger partial charge in [0.15, 0.2) is 6.10 Å². The van der Waals surface area contributed by atoms with Gasteiger partial charge in [0, 0.05) is 19.3 Å². The van der Waals surface area contributed by atoms with Crippen LogP contribution in [0.5, 0.6) is 0 Å². The number of unbranched alkanes of at least 4 members (excludes halogenated alkanes) is 55. The van der Waals surface area contributed by atoms with E-state index < -0.39 is 6.10 Å². The molecule has 79 heavy (non-hydrogen) atoms. The highest BCUT2D eigenvalue weighted by atomic mass is 16.6. The summed E-state index contributed by atoms with van der Waals surface area (Å²) >= 11 is 0. The van der Waals surface area contributed by atoms with Crippen molar-refractivity contribution in [2.24, 2.45) is 0 Å². The summed E-state index contributed by atoms with van der Waals surface area (Å²) in [6.45, 7) is 6.70. The fourth-order valence-corrected chi connectivity index (χ4v) is 11.3. The van der Waals surface area contributed by atoms with E-state index in [0.717, 1.165) is 64.2 Å². The van der Waals surface area contributed by atoms with Crippen LogP contribution < -0.4 is 0 Å². The Morgan fingerprint density at radius 2 is 0.418 bits per heavy atom. The second kappa shape index (κ2) is 68.6. The Labute approximate surface area is 494 Å². The molecular formula is C73H140O6. The molecule has 0 saturated heterocycles. The van der Waals surface area contributed by atoms with Crippen molar-refractivity contribution in [1.29, 1.82) is 0 Å². The topological polar surface area (TPSA) is 78.9 Å². The van der Waals surface area contributed by atoms with Crippen LogP contribution in [0.4, 0.5) is 0 Å². The molecule has 6 nitrogen and oxygen atoms in total. The number of allylic oxidation sites excluding steroid dienone is 2. The van der Waals surface area contributed by atoms with Gasteiger partial charge in [0.25, 0.3) is 0 Å². The van der Waals surface area contributed by atoms with Gasteiger partial charge in [-0.15, -0.1) is 0 Å². The predicted molar refractivity (Wildman–Crippen MR) is 344 cm³/mol. The summed E-state index contributed by atoms with van der Waals surface area (Å²) < 4.78 is 17.0. The Balaban J connectivity index is 4.15. The van der Waals surface area contributed by atoms with Gasteiger partial charge in [-0.2, -0.15) is 0 Å². The van der Waals surface area contributed by atoms with Crippen molar-refractivity contribution in [1.82, 2.24) is 0 Å². The maximum absolute atomic E-state index is 12.9. The lowest BCUT2D eigenvalue weighted by atomic mass is 10.0. The van der Waals surface area contributed by atoms with Gasteiger partial charge in [-0.05, 0) is 44.9 Å². The molecule has 0 aliphatic heterocycles. The highest BCUT2D eigenvalue weighted by Crippen LogP contribution is 2.19. The van der Waals surface area contributed by atoms with Gasteiger partial charge in [0.1, 0.15) is 13.2 Å². The van der Waals surface area contributed by atoms with Crippen LogP contribution in [0.3, 0.4) is 0 Å². The quantitative estimate of drug-likeness (QED) is 0.0261. The number of carbonyl (C=O) groups excluding carboxylic acids is 3. The summed E-state index contributed by atoms with van der Waals surface area (Å²) in [4.78, 5) is 38.4. The van der Waals surface area contributed by atoms with Crippen LogP contribution >= 0.6 is 0 Å². The monoisotopic (exact) mass is 1110 g/mol. The fraction of sp³-hybridized carbons (Fsp3) is 0.932. The fourth-order valence-electron chi connectivity index (χ4n) is 11.3. The molecule has 0 rings (SSSR count). The average molecular weight is 1110 g/mol. The Bertz CT molecular complexity index is 1230. The second-order valence-corrected chi connectivity index (χ2v) is 24.9. The van der Waals surface area contributed by atoms with Crippen molar-refractivity contribution in [3.05, 3.63) is 12.2 Å². The standard InChI is InChI=1S/C73H140O6/c1-4-7-10-13-16-19-22-25-27-29-31-33-35-36-37-38-39-41-42-44-46-48-51-54-57-60-63-66-72(75)78-69-70(68-77-71(74)65-62-59-56-53-50-24-21-18-15-12-9-6-3)79-73(76)67-64-61-58-55-52-49-47-45-43-40-34-32-30-28-26-23-20-17-14-11-8-5-2/h18,21,70H,4-17,19-20,22-69H2,1-3H3/b21-18-. The van der Waals surface area contributed by atoms with Crippen molar-refractivity contribution in [3.8, 4) is 0 Å². The van der Waals surface area contributed by atoms with Crippen molar-refractivity contribution in [2.75, 3.05) is 13.2 Å². The number of hydrogen-bond acceptors (Lipinski definition) is 6. The molecule has 0 amide bonds. The third-order valence-corrected chi connectivity index (χ3v) is 16.8. The first-order valence-corrected chi connectivity index (χ1v) is 36.2. The van der Waals surface area contributed by atoms with E-state index in [4.69, 9.17) is 14.2 Å². The van der Waals surface area contributed by atoms with Crippen LogP contribution in [-0.2, 0) is 28.6 Å². The van der Waals surface area contributed by atoms with Crippen LogP contribution in [0.1, 0.15) is 419 Å². The molecule has 0 aliphatic carbocycles. The molecule has 1 atom stereocenters. The highest BCUT2D eigenvalue weighted by Gasteiger charge is 2.19. The van der Waals surface area contributed by atoms with Crippen LogP contribution in [0.25, 0.3) is 0 Å². The lowest BCUT2D eigenvalue weighted by Crippen LogP contribution is -2.30. The van der Waals surface area contributed by atoms with Gasteiger partial charge in [0.05, 0.1) is 0 Å². The van der Waals surface area contributed by atoms with Crippen LogP contribution in [0.2, 0.25) is 0 Å². The lowest BCUT2D eigenvalue weighted by Gasteiger charge is -2.18. The summed E-state index contributed by atoms with van der Waals surface area (Å²) in [5, 5.41) is 0. The van der Waals surface area contributed by atoms with E-state index in [9.17, 15) is 14.4 Å². The first-order chi connectivity index (χ1) is 39.0. The zero-order valence-corrected chi connectivity index (χ0v) is 53.9. The molecule has 0 heterocycles. The van der Waals surface area contributed by atoms with Gasteiger partial charge in [-0.3, -0.25) is 14.4 Å². The molecule has 6 heteroatoms. The first-order valence-electron chi connectivity index (χ1n) is 36.2. The second-order valence-electron chi connectivity index (χ2n) is 24.9. The Hall–Kier alpha value is -1.85. The molecule has 0 spiro atoms. The lowest BCUT2D eigenvalue weighted by molar-refractivity contribution is -0.167. The van der Waals surface area contributed by atoms with Crippen molar-refractivity contribution in [3.63, 3.8) is 0 Å². The maximum atomic E-state index is 12.9. The summed E-state index contributed by atoms with van der Waals surface area (Å²) in [5.74, 6) is -0.840. The van der Waals surface area contributed by atoms with E-state index in [0.29, 0.717) is 19.3 Å². The minimum absolute atomic E-state index is 0.0657. The maximum Gasteiger partial charge on any atom is 0.306 e. The van der Waals surface area contributed by atoms with E-state index in [-0.39, 0.29) is 31.1 Å². The predicted octanol–water partition coefficient (Wildman–Crippen LogP) is 24.8. The minimum Gasteiger partial charge on any atom is -0.462 e. The number of ether oxygens (including phenoxy) is 3. The Kier molecular flexibility index (Phi) is 67.0. The van der Waals surface area contributed by atoms with E-state index in [1.807, 2.05) is 0 Å². The zero-order chi connectivity index (χ0) is 57.1. The molecule has 0 aromatic rings. The normalized spacial score (nSPS) is 12.0.